The molecule has 2 aliphatic rings. The van der Waals surface area contributed by atoms with Crippen LogP contribution in [-0.2, 0) is 4.74 Å². The van der Waals surface area contributed by atoms with E-state index in [0.29, 0.717) is 16.8 Å². The van der Waals surface area contributed by atoms with Crippen molar-refractivity contribution in [2.24, 2.45) is 0 Å². The van der Waals surface area contributed by atoms with Gasteiger partial charge in [-0.15, -0.1) is 0 Å². The number of hydrogen-bond donors (Lipinski definition) is 2. The minimum Gasteiger partial charge on any atom is -0.465 e. The molecule has 2 N–H and O–H groups in total. The molecule has 6 heteroatoms. The summed E-state index contributed by atoms with van der Waals surface area (Å²) in [6.45, 7) is 0. The summed E-state index contributed by atoms with van der Waals surface area (Å²) in [6.07, 6.45) is 8.15. The van der Waals surface area contributed by atoms with Crippen LogP contribution in [0, 0.1) is 0 Å². The van der Waals surface area contributed by atoms with Gasteiger partial charge in [0.1, 0.15) is 0 Å². The summed E-state index contributed by atoms with van der Waals surface area (Å²) in [7, 11) is 1.42. The second-order valence-electron chi connectivity index (χ2n) is 12.6. The third kappa shape index (κ3) is 5.43. The fourth-order valence-electron chi connectivity index (χ4n) is 7.21. The van der Waals surface area contributed by atoms with Crippen molar-refractivity contribution in [3.63, 3.8) is 0 Å². The van der Waals surface area contributed by atoms with Crippen LogP contribution >= 0.6 is 0 Å². The Bertz CT molecular complexity index is 2710. The van der Waals surface area contributed by atoms with E-state index in [9.17, 15) is 4.79 Å². The molecule has 0 atom stereocenters. The number of aromatic nitrogens is 4. The maximum Gasteiger partial charge on any atom is 0.340 e. The van der Waals surface area contributed by atoms with Gasteiger partial charge in [0.05, 0.1) is 46.5 Å². The molecule has 4 aromatic carbocycles. The van der Waals surface area contributed by atoms with Gasteiger partial charge in [0, 0.05) is 33.3 Å². The zero-order valence-corrected chi connectivity index (χ0v) is 28.3. The van der Waals surface area contributed by atoms with Gasteiger partial charge in [-0.25, -0.2) is 14.8 Å². The number of benzene rings is 4. The third-order valence-electron chi connectivity index (χ3n) is 9.51. The van der Waals surface area contributed by atoms with E-state index >= 15 is 0 Å². The Kier molecular flexibility index (Phi) is 7.75. The van der Waals surface area contributed by atoms with Crippen molar-refractivity contribution in [2.45, 2.75) is 0 Å². The number of esters is 1. The number of hydrogen-bond acceptors (Lipinski definition) is 4. The third-order valence-corrected chi connectivity index (χ3v) is 9.51. The number of H-pyrrole nitrogens is 2. The zero-order chi connectivity index (χ0) is 35.0. The van der Waals surface area contributed by atoms with Crippen molar-refractivity contribution in [2.75, 3.05) is 7.11 Å². The number of carbonyl (C=O) groups excluding carboxylic acids is 1. The summed E-state index contributed by atoms with van der Waals surface area (Å²) >= 11 is 0. The monoisotopic (exact) mass is 672 g/mol. The van der Waals surface area contributed by atoms with Crippen LogP contribution < -0.4 is 0 Å². The summed E-state index contributed by atoms with van der Waals surface area (Å²) in [5, 5.41) is 0. The topological polar surface area (TPSA) is 83.7 Å². The van der Waals surface area contributed by atoms with Gasteiger partial charge in [-0.2, -0.15) is 0 Å². The molecular formula is C46H32N4O2. The predicted molar refractivity (Wildman–Crippen MR) is 212 cm³/mol. The van der Waals surface area contributed by atoms with Crippen molar-refractivity contribution in [1.29, 1.82) is 0 Å². The van der Waals surface area contributed by atoms with Crippen LogP contribution in [0.5, 0.6) is 0 Å². The molecule has 0 fully saturated rings. The van der Waals surface area contributed by atoms with Gasteiger partial charge in [-0.1, -0.05) is 121 Å². The van der Waals surface area contributed by atoms with Gasteiger partial charge in [0.2, 0.25) is 0 Å². The second kappa shape index (κ2) is 13.0. The Balaban J connectivity index is 1.53. The lowest BCUT2D eigenvalue weighted by atomic mass is 9.96. The molecule has 5 heterocycles. The number of carbonyl (C=O) groups is 1. The minimum absolute atomic E-state index is 0.426. The van der Waals surface area contributed by atoms with Crippen LogP contribution in [0.1, 0.15) is 33.1 Å². The molecule has 9 rings (SSSR count). The molecule has 7 aromatic rings. The van der Waals surface area contributed by atoms with Gasteiger partial charge in [0.15, 0.2) is 0 Å². The summed E-state index contributed by atoms with van der Waals surface area (Å²) in [5.74, 6) is -0.448. The van der Waals surface area contributed by atoms with Gasteiger partial charge < -0.3 is 14.7 Å². The molecule has 0 spiro atoms. The smallest absolute Gasteiger partial charge is 0.340 e. The molecule has 0 amide bonds. The molecule has 2 aliphatic heterocycles. The first-order valence-electron chi connectivity index (χ1n) is 17.2. The number of ether oxygens (including phenoxy) is 1. The first-order chi connectivity index (χ1) is 25.7. The average molecular weight is 673 g/mol. The highest BCUT2D eigenvalue weighted by Crippen LogP contribution is 2.41. The van der Waals surface area contributed by atoms with E-state index in [1.807, 2.05) is 103 Å². The molecule has 0 radical (unpaired) electrons. The first kappa shape index (κ1) is 31.0. The highest BCUT2D eigenvalue weighted by Gasteiger charge is 2.25. The van der Waals surface area contributed by atoms with E-state index in [0.717, 1.165) is 78.1 Å². The first-order valence-corrected chi connectivity index (χ1v) is 17.2. The van der Waals surface area contributed by atoms with Crippen molar-refractivity contribution in [3.8, 4) is 44.5 Å². The van der Waals surface area contributed by atoms with Gasteiger partial charge in [-0.3, -0.25) is 0 Å². The quantitative estimate of drug-likeness (QED) is 0.178. The number of rotatable bonds is 5. The average Bonchev–Trinajstić information content (AvgIpc) is 4.02. The SMILES string of the molecule is COC(=O)c1c(-c2ccccc2)c2[nH]c1cc1nc(c(-c3ccccc3)c3ccc([nH]3)c(-c3ccccc3)c3nc(c2-c2ccccc2)C=C3)C=C1. The molecule has 0 unspecified atom stereocenters. The second-order valence-corrected chi connectivity index (χ2v) is 12.6. The normalized spacial score (nSPS) is 11.9. The van der Waals surface area contributed by atoms with Crippen molar-refractivity contribution < 1.29 is 9.53 Å². The van der Waals surface area contributed by atoms with E-state index in [2.05, 4.69) is 70.7 Å². The van der Waals surface area contributed by atoms with E-state index in [4.69, 9.17) is 14.7 Å². The maximum atomic E-state index is 13.9. The predicted octanol–water partition coefficient (Wildman–Crippen LogP) is 11.1. The van der Waals surface area contributed by atoms with E-state index < -0.39 is 5.97 Å². The van der Waals surface area contributed by atoms with Gasteiger partial charge >= 0.3 is 5.97 Å². The number of aromatic amines is 2. The number of methoxy groups -OCH3 is 1. The Morgan fingerprint density at radius 3 is 1.44 bits per heavy atom. The Morgan fingerprint density at radius 2 is 0.923 bits per heavy atom. The molecule has 248 valence electrons. The lowest BCUT2D eigenvalue weighted by Gasteiger charge is -2.09. The van der Waals surface area contributed by atoms with Crippen LogP contribution in [0.4, 0.5) is 0 Å². The van der Waals surface area contributed by atoms with Gasteiger partial charge in [-0.05, 0) is 64.8 Å². The molecule has 0 aliphatic carbocycles. The summed E-state index contributed by atoms with van der Waals surface area (Å²) in [6, 6.07) is 46.9. The van der Waals surface area contributed by atoms with E-state index in [1.54, 1.807) is 0 Å². The van der Waals surface area contributed by atoms with Crippen LogP contribution in [0.25, 0.3) is 90.9 Å². The lowest BCUT2D eigenvalue weighted by molar-refractivity contribution is 0.0604. The highest BCUT2D eigenvalue weighted by atomic mass is 16.5. The molecule has 52 heavy (non-hydrogen) atoms. The Hall–Kier alpha value is -7.05. The molecule has 0 saturated heterocycles. The zero-order valence-electron chi connectivity index (χ0n) is 28.3. The van der Waals surface area contributed by atoms with E-state index in [-0.39, 0.29) is 0 Å². The standard InChI is InChI=1S/C46H32N4O2/c1-52-46(51)44-39-28-33-22-23-34(47-33)40(29-14-6-2-7-15-29)35-24-25-36(48-35)41(30-16-8-3-9-17-30)37-26-27-38(49-37)42(31-18-10-4-11-19-31)45(50-39)43(44)32-20-12-5-13-21-32/h2-28,48,50H,1H3. The highest BCUT2D eigenvalue weighted by molar-refractivity contribution is 6.13. The van der Waals surface area contributed by atoms with Crippen LogP contribution in [0.15, 0.2) is 140 Å². The van der Waals surface area contributed by atoms with E-state index in [1.165, 1.54) is 7.11 Å². The molecular weight excluding hydrogens is 641 g/mol. The number of nitrogens with zero attached hydrogens (tertiary/aromatic N) is 2. The molecule has 6 nitrogen and oxygen atoms in total. The maximum absolute atomic E-state index is 13.9. The van der Waals surface area contributed by atoms with Crippen LogP contribution in [-0.4, -0.2) is 33.0 Å². The van der Waals surface area contributed by atoms with Crippen molar-refractivity contribution in [1.82, 2.24) is 19.9 Å². The Morgan fingerprint density at radius 1 is 0.481 bits per heavy atom. The number of nitrogens with one attached hydrogen (secondary N) is 2. The fraction of sp³-hybridized carbons (Fsp3) is 0.0217. The van der Waals surface area contributed by atoms with Crippen LogP contribution in [0.2, 0.25) is 0 Å². The summed E-state index contributed by atoms with van der Waals surface area (Å²) in [5.41, 5.74) is 14.1. The van der Waals surface area contributed by atoms with Gasteiger partial charge in [0.25, 0.3) is 0 Å². The van der Waals surface area contributed by atoms with Crippen LogP contribution in [0.3, 0.4) is 0 Å². The molecule has 3 aromatic heterocycles. The minimum atomic E-state index is -0.448. The van der Waals surface area contributed by atoms with Crippen molar-refractivity contribution in [3.05, 3.63) is 168 Å². The Labute approximate surface area is 300 Å². The largest absolute Gasteiger partial charge is 0.465 e. The molecule has 0 saturated carbocycles. The van der Waals surface area contributed by atoms with Crippen molar-refractivity contribution >= 4 is 52.3 Å². The fourth-order valence-corrected chi connectivity index (χ4v) is 7.21. The summed E-state index contributed by atoms with van der Waals surface area (Å²) < 4.78 is 5.47. The lowest BCUT2D eigenvalue weighted by Crippen LogP contribution is -2.02. The number of fused-ring (bicyclic) bond motifs is 8. The molecule has 8 bridgehead atoms. The summed E-state index contributed by atoms with van der Waals surface area (Å²) in [4.78, 5) is 31.9.